The van der Waals surface area contributed by atoms with Crippen LogP contribution in [0.2, 0.25) is 0 Å². The van der Waals surface area contributed by atoms with E-state index in [4.69, 9.17) is 0 Å². The van der Waals surface area contributed by atoms with Crippen LogP contribution in [-0.2, 0) is 0 Å². The van der Waals surface area contributed by atoms with E-state index in [0.717, 1.165) is 13.0 Å². The summed E-state index contributed by atoms with van der Waals surface area (Å²) in [6.07, 6.45) is 0.999. The Bertz CT molecular complexity index is 277. The smallest absolute Gasteiger partial charge is 0.288 e. The van der Waals surface area contributed by atoms with Crippen molar-refractivity contribution >= 4 is 0 Å². The van der Waals surface area contributed by atoms with Crippen molar-refractivity contribution in [2.24, 2.45) is 5.92 Å². The number of hydrogen-bond acceptors (Lipinski definition) is 2. The van der Waals surface area contributed by atoms with Crippen LogP contribution in [-0.4, -0.2) is 48.9 Å². The van der Waals surface area contributed by atoms with Crippen LogP contribution in [0.25, 0.3) is 0 Å². The number of nitrogens with zero attached hydrogens (tertiary/aromatic N) is 2. The van der Waals surface area contributed by atoms with Crippen LogP contribution in [0.4, 0.5) is 8.78 Å². The Morgan fingerprint density at radius 1 is 1.53 bits per heavy atom. The molecule has 0 aromatic heterocycles. The zero-order chi connectivity index (χ0) is 13.2. The van der Waals surface area contributed by atoms with Crippen molar-refractivity contribution in [1.82, 2.24) is 9.80 Å². The van der Waals surface area contributed by atoms with E-state index in [1.165, 1.54) is 0 Å². The van der Waals surface area contributed by atoms with Crippen molar-refractivity contribution in [2.45, 2.75) is 38.7 Å². The molecular weight excluding hydrogens is 222 g/mol. The van der Waals surface area contributed by atoms with Crippen molar-refractivity contribution in [1.29, 1.82) is 0 Å². The van der Waals surface area contributed by atoms with Gasteiger partial charge in [0.2, 0.25) is 0 Å². The molecule has 4 heteroatoms. The molecule has 0 saturated carbocycles. The number of likely N-dealkylation sites (N-methyl/N-ethyl adjacent to an activating group) is 2. The van der Waals surface area contributed by atoms with Crippen molar-refractivity contribution in [3.05, 3.63) is 12.3 Å². The second-order valence-corrected chi connectivity index (χ2v) is 5.56. The number of hydrogen-bond donors (Lipinski definition) is 0. The number of alkyl halides is 2. The third-order valence-electron chi connectivity index (χ3n) is 3.50. The van der Waals surface area contributed by atoms with Crippen LogP contribution in [0.5, 0.6) is 0 Å². The van der Waals surface area contributed by atoms with Gasteiger partial charge in [0, 0.05) is 26.1 Å². The van der Waals surface area contributed by atoms with Crippen LogP contribution in [0.15, 0.2) is 12.3 Å². The molecule has 0 radical (unpaired) electrons. The second-order valence-electron chi connectivity index (χ2n) is 5.56. The fourth-order valence-electron chi connectivity index (χ4n) is 2.15. The molecule has 0 aliphatic carbocycles. The van der Waals surface area contributed by atoms with Gasteiger partial charge in [-0.1, -0.05) is 20.4 Å². The molecule has 1 saturated heterocycles. The normalized spacial score (nSPS) is 24.1. The highest BCUT2D eigenvalue weighted by Gasteiger charge is 2.46. The van der Waals surface area contributed by atoms with Gasteiger partial charge in [-0.25, -0.2) is 0 Å². The Morgan fingerprint density at radius 3 is 2.53 bits per heavy atom. The Morgan fingerprint density at radius 2 is 2.12 bits per heavy atom. The summed E-state index contributed by atoms with van der Waals surface area (Å²) in [5, 5.41) is 0. The summed E-state index contributed by atoms with van der Waals surface area (Å²) in [6.45, 7) is 9.46. The third-order valence-corrected chi connectivity index (χ3v) is 3.50. The van der Waals surface area contributed by atoms with Crippen molar-refractivity contribution in [2.75, 3.05) is 27.2 Å². The average Bonchev–Trinajstić information content (AvgIpc) is 2.39. The SMILES string of the molecule is C=C1N(C)[C@@H](CN(C)CCC(C)C)CC1(F)F. The number of halogens is 2. The van der Waals surface area contributed by atoms with Gasteiger partial charge in [0.1, 0.15) is 0 Å². The van der Waals surface area contributed by atoms with E-state index < -0.39 is 5.92 Å². The minimum atomic E-state index is -2.72. The highest BCUT2D eigenvalue weighted by molar-refractivity contribution is 5.15. The first-order chi connectivity index (χ1) is 7.74. The molecule has 0 aromatic rings. The summed E-state index contributed by atoms with van der Waals surface area (Å²) >= 11 is 0. The van der Waals surface area contributed by atoms with E-state index in [2.05, 4.69) is 25.3 Å². The highest BCUT2D eigenvalue weighted by atomic mass is 19.3. The van der Waals surface area contributed by atoms with Gasteiger partial charge in [0.25, 0.3) is 5.92 Å². The van der Waals surface area contributed by atoms with Crippen LogP contribution < -0.4 is 0 Å². The first-order valence-corrected chi connectivity index (χ1v) is 6.22. The molecule has 0 bridgehead atoms. The standard InChI is InChI=1S/C13H24F2N2/c1-10(2)6-7-16(4)9-12-8-13(14,15)11(3)17(12)5/h10,12H,3,6-9H2,1-2,4-5H3/t12-/m1/s1. The zero-order valence-corrected chi connectivity index (χ0v) is 11.3. The molecule has 17 heavy (non-hydrogen) atoms. The van der Waals surface area contributed by atoms with Gasteiger partial charge in [-0.2, -0.15) is 8.78 Å². The maximum absolute atomic E-state index is 13.4. The molecule has 1 heterocycles. The summed E-state index contributed by atoms with van der Waals surface area (Å²) < 4.78 is 26.9. The van der Waals surface area contributed by atoms with Gasteiger partial charge in [-0.05, 0) is 25.9 Å². The Kier molecular flexibility index (Phi) is 4.53. The monoisotopic (exact) mass is 246 g/mol. The van der Waals surface area contributed by atoms with Gasteiger partial charge in [0.05, 0.1) is 5.70 Å². The molecule has 1 atom stereocenters. The predicted octanol–water partition coefficient (Wildman–Crippen LogP) is 2.82. The van der Waals surface area contributed by atoms with E-state index in [1.54, 1.807) is 11.9 Å². The maximum atomic E-state index is 13.4. The van der Waals surface area contributed by atoms with Gasteiger partial charge in [-0.15, -0.1) is 0 Å². The quantitative estimate of drug-likeness (QED) is 0.736. The topological polar surface area (TPSA) is 6.48 Å². The summed E-state index contributed by atoms with van der Waals surface area (Å²) in [4.78, 5) is 3.77. The highest BCUT2D eigenvalue weighted by Crippen LogP contribution is 2.39. The van der Waals surface area contributed by atoms with E-state index in [0.29, 0.717) is 12.5 Å². The summed E-state index contributed by atoms with van der Waals surface area (Å²) in [7, 11) is 3.71. The maximum Gasteiger partial charge on any atom is 0.288 e. The van der Waals surface area contributed by atoms with Crippen LogP contribution in [0, 0.1) is 5.92 Å². The lowest BCUT2D eigenvalue weighted by Gasteiger charge is -2.27. The fourth-order valence-corrected chi connectivity index (χ4v) is 2.15. The first-order valence-electron chi connectivity index (χ1n) is 6.22. The summed E-state index contributed by atoms with van der Waals surface area (Å²) in [6, 6.07) is -0.116. The lowest BCUT2D eigenvalue weighted by molar-refractivity contribution is 0.0439. The first kappa shape index (κ1) is 14.4. The van der Waals surface area contributed by atoms with Crippen molar-refractivity contribution in [3.8, 4) is 0 Å². The van der Waals surface area contributed by atoms with Gasteiger partial charge < -0.3 is 9.80 Å². The van der Waals surface area contributed by atoms with E-state index in [-0.39, 0.29) is 18.2 Å². The molecule has 2 nitrogen and oxygen atoms in total. The molecule has 0 spiro atoms. The average molecular weight is 246 g/mol. The molecule has 1 aliphatic heterocycles. The number of likely N-dealkylation sites (tertiary alicyclic amines) is 1. The lowest BCUT2D eigenvalue weighted by atomic mass is 10.1. The van der Waals surface area contributed by atoms with Gasteiger partial charge in [0.15, 0.2) is 0 Å². The molecule has 0 unspecified atom stereocenters. The fraction of sp³-hybridized carbons (Fsp3) is 0.846. The van der Waals surface area contributed by atoms with E-state index >= 15 is 0 Å². The second kappa shape index (κ2) is 5.34. The van der Waals surface area contributed by atoms with Crippen molar-refractivity contribution < 1.29 is 8.78 Å². The van der Waals surface area contributed by atoms with E-state index in [1.807, 2.05) is 7.05 Å². The molecular formula is C13H24F2N2. The van der Waals surface area contributed by atoms with Gasteiger partial charge in [-0.3, -0.25) is 0 Å². The molecule has 0 N–H and O–H groups in total. The molecule has 0 amide bonds. The molecule has 1 aliphatic rings. The van der Waals surface area contributed by atoms with Crippen LogP contribution in [0.1, 0.15) is 26.7 Å². The Balaban J connectivity index is 2.45. The Labute approximate surface area is 103 Å². The van der Waals surface area contributed by atoms with Crippen LogP contribution >= 0.6 is 0 Å². The van der Waals surface area contributed by atoms with Crippen molar-refractivity contribution in [3.63, 3.8) is 0 Å². The third kappa shape index (κ3) is 3.66. The summed E-state index contributed by atoms with van der Waals surface area (Å²) in [5.41, 5.74) is -0.0419. The van der Waals surface area contributed by atoms with Crippen LogP contribution in [0.3, 0.4) is 0 Å². The molecule has 1 rings (SSSR count). The molecule has 1 fully saturated rings. The largest absolute Gasteiger partial charge is 0.369 e. The molecule has 0 aromatic carbocycles. The minimum absolute atomic E-state index is 0.0419. The predicted molar refractivity (Wildman–Crippen MR) is 67.2 cm³/mol. The Hall–Kier alpha value is -0.640. The number of rotatable bonds is 5. The number of allylic oxidation sites excluding steroid dienone is 1. The minimum Gasteiger partial charge on any atom is -0.369 e. The zero-order valence-electron chi connectivity index (χ0n) is 11.3. The molecule has 100 valence electrons. The summed E-state index contributed by atoms with van der Waals surface area (Å²) in [5.74, 6) is -2.08. The van der Waals surface area contributed by atoms with E-state index in [9.17, 15) is 8.78 Å². The lowest BCUT2D eigenvalue weighted by Crippen LogP contribution is -2.36. The van der Waals surface area contributed by atoms with Gasteiger partial charge >= 0.3 is 0 Å².